The number of para-hydroxylation sites is 1. The van der Waals surface area contributed by atoms with Gasteiger partial charge in [0.15, 0.2) is 5.82 Å². The van der Waals surface area contributed by atoms with Crippen molar-refractivity contribution in [2.24, 2.45) is 0 Å². The van der Waals surface area contributed by atoms with E-state index in [9.17, 15) is 13.2 Å². The molecule has 2 aromatic carbocycles. The summed E-state index contributed by atoms with van der Waals surface area (Å²) in [4.78, 5) is 8.30. The van der Waals surface area contributed by atoms with E-state index >= 15 is 0 Å². The van der Waals surface area contributed by atoms with Gasteiger partial charge in [0.2, 0.25) is 0 Å². The Morgan fingerprint density at radius 3 is 2.29 bits per heavy atom. The fourth-order valence-corrected chi connectivity index (χ4v) is 2.69. The maximum atomic E-state index is 12.7. The molecule has 0 unspecified atom stereocenters. The predicted molar refractivity (Wildman–Crippen MR) is 99.3 cm³/mol. The molecular weight excluding hydrogens is 367 g/mol. The molecule has 0 saturated heterocycles. The topological polar surface area (TPSA) is 55.6 Å². The quantitative estimate of drug-likeness (QED) is 0.535. The Balaban J connectivity index is 1.63. The normalized spacial score (nSPS) is 11.4. The van der Waals surface area contributed by atoms with Crippen LogP contribution in [0, 0.1) is 0 Å². The van der Waals surface area contributed by atoms with Gasteiger partial charge in [-0.05, 0) is 48.5 Å². The lowest BCUT2D eigenvalue weighted by molar-refractivity contribution is -0.137. The number of halogens is 3. The number of benzene rings is 2. The van der Waals surface area contributed by atoms with Crippen LogP contribution in [0.1, 0.15) is 5.56 Å². The van der Waals surface area contributed by atoms with Crippen molar-refractivity contribution in [2.75, 3.05) is 5.32 Å². The second-order valence-electron chi connectivity index (χ2n) is 5.96. The largest absolute Gasteiger partial charge is 0.416 e. The zero-order valence-corrected chi connectivity index (χ0v) is 14.4. The average Bonchev–Trinajstić information content (AvgIpc) is 3.19. The van der Waals surface area contributed by atoms with Gasteiger partial charge < -0.3 is 5.32 Å². The summed E-state index contributed by atoms with van der Waals surface area (Å²) in [5, 5.41) is 7.71. The fraction of sp³-hybridized carbons (Fsp3) is 0.0500. The number of rotatable bonds is 4. The molecule has 8 heteroatoms. The maximum Gasteiger partial charge on any atom is 0.416 e. The number of anilines is 2. The Morgan fingerprint density at radius 1 is 0.857 bits per heavy atom. The van der Waals surface area contributed by atoms with Gasteiger partial charge in [-0.2, -0.15) is 13.2 Å². The summed E-state index contributed by atoms with van der Waals surface area (Å²) in [6.45, 7) is 0. The number of pyridine rings is 1. The summed E-state index contributed by atoms with van der Waals surface area (Å²) in [6.07, 6.45) is 0.468. The lowest BCUT2D eigenvalue weighted by Crippen LogP contribution is -2.05. The van der Waals surface area contributed by atoms with Gasteiger partial charge in [0.25, 0.3) is 0 Å². The molecule has 0 spiro atoms. The van der Waals surface area contributed by atoms with Crippen molar-refractivity contribution in [3.8, 4) is 17.1 Å². The van der Waals surface area contributed by atoms with E-state index < -0.39 is 11.7 Å². The second kappa shape index (κ2) is 7.15. The van der Waals surface area contributed by atoms with E-state index in [-0.39, 0.29) is 0 Å². The molecule has 0 bridgehead atoms. The molecule has 0 amide bonds. The van der Waals surface area contributed by atoms with Crippen LogP contribution in [0.15, 0.2) is 79.4 Å². The first-order valence-corrected chi connectivity index (χ1v) is 8.36. The lowest BCUT2D eigenvalue weighted by atomic mass is 10.1. The molecule has 140 valence electrons. The van der Waals surface area contributed by atoms with Crippen molar-refractivity contribution in [2.45, 2.75) is 6.18 Å². The Labute approximate surface area is 158 Å². The van der Waals surface area contributed by atoms with E-state index in [0.29, 0.717) is 11.5 Å². The van der Waals surface area contributed by atoms with Gasteiger partial charge in [0.05, 0.1) is 11.3 Å². The highest BCUT2D eigenvalue weighted by Gasteiger charge is 2.30. The Morgan fingerprint density at radius 2 is 1.57 bits per heavy atom. The number of alkyl halides is 3. The second-order valence-corrected chi connectivity index (χ2v) is 5.96. The van der Waals surface area contributed by atoms with E-state index in [2.05, 4.69) is 20.4 Å². The first-order valence-electron chi connectivity index (χ1n) is 8.36. The van der Waals surface area contributed by atoms with Crippen LogP contribution >= 0.6 is 0 Å². The van der Waals surface area contributed by atoms with Gasteiger partial charge in [-0.3, -0.25) is 4.98 Å². The summed E-state index contributed by atoms with van der Waals surface area (Å²) in [7, 11) is 0. The minimum Gasteiger partial charge on any atom is -0.355 e. The summed E-state index contributed by atoms with van der Waals surface area (Å²) < 4.78 is 39.6. The summed E-state index contributed by atoms with van der Waals surface area (Å²) >= 11 is 0. The third kappa shape index (κ3) is 3.71. The predicted octanol–water partition coefficient (Wildman–Crippen LogP) is 5.09. The monoisotopic (exact) mass is 381 g/mol. The molecule has 2 aromatic heterocycles. The van der Waals surface area contributed by atoms with Crippen LogP contribution in [0.2, 0.25) is 0 Å². The van der Waals surface area contributed by atoms with Crippen LogP contribution < -0.4 is 5.32 Å². The number of aromatic nitrogens is 4. The van der Waals surface area contributed by atoms with Crippen LogP contribution in [0.3, 0.4) is 0 Å². The van der Waals surface area contributed by atoms with Crippen molar-refractivity contribution in [1.29, 1.82) is 0 Å². The average molecular weight is 381 g/mol. The zero-order chi connectivity index (χ0) is 19.6. The molecule has 2 heterocycles. The number of hydrogen-bond donors (Lipinski definition) is 1. The van der Waals surface area contributed by atoms with Crippen LogP contribution in [-0.4, -0.2) is 19.7 Å². The molecule has 4 aromatic rings. The first-order chi connectivity index (χ1) is 13.5. The fourth-order valence-electron chi connectivity index (χ4n) is 2.69. The number of hydrogen-bond acceptors (Lipinski definition) is 4. The first kappa shape index (κ1) is 17.7. The van der Waals surface area contributed by atoms with Gasteiger partial charge >= 0.3 is 6.18 Å². The lowest BCUT2D eigenvalue weighted by Gasteiger charge is -2.10. The van der Waals surface area contributed by atoms with Crippen LogP contribution in [-0.2, 0) is 6.18 Å². The highest BCUT2D eigenvalue weighted by molar-refractivity contribution is 5.77. The number of nitrogens with one attached hydrogen (secondary N) is 1. The van der Waals surface area contributed by atoms with E-state index in [1.165, 1.54) is 23.1 Å². The zero-order valence-electron chi connectivity index (χ0n) is 14.4. The van der Waals surface area contributed by atoms with Gasteiger partial charge in [0, 0.05) is 29.3 Å². The molecule has 4 rings (SSSR count). The summed E-state index contributed by atoms with van der Waals surface area (Å²) in [5.74, 6) is 0.456. The van der Waals surface area contributed by atoms with E-state index in [4.69, 9.17) is 0 Å². The van der Waals surface area contributed by atoms with Crippen LogP contribution in [0.4, 0.5) is 24.5 Å². The number of nitrogens with zero attached hydrogens (tertiary/aromatic N) is 4. The summed E-state index contributed by atoms with van der Waals surface area (Å²) in [5.41, 5.74) is 2.23. The molecular formula is C20H14F3N5. The molecule has 1 N–H and O–H groups in total. The molecule has 28 heavy (non-hydrogen) atoms. The van der Waals surface area contributed by atoms with Crippen LogP contribution in [0.25, 0.3) is 17.1 Å². The van der Waals surface area contributed by atoms with Gasteiger partial charge in [0.1, 0.15) is 6.33 Å². The molecule has 0 atom stereocenters. The van der Waals surface area contributed by atoms with E-state index in [0.717, 1.165) is 29.1 Å². The molecule has 0 saturated carbocycles. The Bertz CT molecular complexity index is 1070. The molecule has 0 aliphatic carbocycles. The molecule has 5 nitrogen and oxygen atoms in total. The van der Waals surface area contributed by atoms with Gasteiger partial charge in [-0.25, -0.2) is 9.67 Å². The summed E-state index contributed by atoms with van der Waals surface area (Å²) in [6, 6.07) is 16.0. The molecule has 0 radical (unpaired) electrons. The smallest absolute Gasteiger partial charge is 0.355 e. The van der Waals surface area contributed by atoms with E-state index in [1.54, 1.807) is 12.4 Å². The van der Waals surface area contributed by atoms with Crippen molar-refractivity contribution in [3.05, 3.63) is 84.9 Å². The minimum absolute atomic E-state index is 0.456. The Kier molecular flexibility index (Phi) is 4.52. The Hall–Kier alpha value is -3.68. The van der Waals surface area contributed by atoms with Crippen molar-refractivity contribution in [1.82, 2.24) is 19.7 Å². The standard InChI is InChI=1S/C20H14F3N5/c21-20(22,23)14-5-7-16(8-6-14)28-13-25-19(27-28)17-3-1-2-4-18(17)26-15-9-11-24-12-10-15/h1-13H,(H,24,26). The van der Waals surface area contributed by atoms with Crippen molar-refractivity contribution in [3.63, 3.8) is 0 Å². The van der Waals surface area contributed by atoms with Crippen molar-refractivity contribution < 1.29 is 13.2 Å². The van der Waals surface area contributed by atoms with Gasteiger partial charge in [-0.15, -0.1) is 5.10 Å². The highest BCUT2D eigenvalue weighted by atomic mass is 19.4. The van der Waals surface area contributed by atoms with Crippen molar-refractivity contribution >= 4 is 11.4 Å². The van der Waals surface area contributed by atoms with Crippen LogP contribution in [0.5, 0.6) is 0 Å². The molecule has 0 aliphatic rings. The SMILES string of the molecule is FC(F)(F)c1ccc(-n2cnc(-c3ccccc3Nc3ccncc3)n2)cc1. The minimum atomic E-state index is -4.37. The third-order valence-electron chi connectivity index (χ3n) is 4.08. The molecule has 0 aliphatic heterocycles. The maximum absolute atomic E-state index is 12.7. The highest BCUT2D eigenvalue weighted by Crippen LogP contribution is 2.30. The third-order valence-corrected chi connectivity index (χ3v) is 4.08. The van der Waals surface area contributed by atoms with E-state index in [1.807, 2.05) is 36.4 Å². The van der Waals surface area contributed by atoms with Gasteiger partial charge in [-0.1, -0.05) is 12.1 Å². The molecule has 0 fully saturated rings.